The SMILES string of the molecule is CC(c1ccncc1)N(C)C(=O)NCCN1CCc2sccc2C1. The van der Waals surface area contributed by atoms with E-state index < -0.39 is 0 Å². The molecule has 0 spiro atoms. The zero-order valence-corrected chi connectivity index (χ0v) is 15.1. The Morgan fingerprint density at radius 2 is 2.21 bits per heavy atom. The van der Waals surface area contributed by atoms with Crippen LogP contribution in [0, 0.1) is 0 Å². The first-order chi connectivity index (χ1) is 11.6. The summed E-state index contributed by atoms with van der Waals surface area (Å²) in [5.41, 5.74) is 2.53. The molecule has 0 saturated carbocycles. The van der Waals surface area contributed by atoms with Gasteiger partial charge in [0.25, 0.3) is 0 Å². The third-order valence-corrected chi connectivity index (χ3v) is 5.70. The van der Waals surface area contributed by atoms with E-state index in [1.165, 1.54) is 10.4 Å². The van der Waals surface area contributed by atoms with Crippen LogP contribution in [0.3, 0.4) is 0 Å². The first-order valence-corrected chi connectivity index (χ1v) is 9.21. The van der Waals surface area contributed by atoms with Gasteiger partial charge in [-0.25, -0.2) is 4.79 Å². The highest BCUT2D eigenvalue weighted by molar-refractivity contribution is 7.10. The minimum Gasteiger partial charge on any atom is -0.337 e. The number of rotatable bonds is 5. The smallest absolute Gasteiger partial charge is 0.317 e. The van der Waals surface area contributed by atoms with Crippen LogP contribution in [0.2, 0.25) is 0 Å². The molecule has 2 aromatic heterocycles. The monoisotopic (exact) mass is 344 g/mol. The van der Waals surface area contributed by atoms with E-state index in [9.17, 15) is 4.79 Å². The summed E-state index contributed by atoms with van der Waals surface area (Å²) in [6.07, 6.45) is 4.64. The van der Waals surface area contributed by atoms with Gasteiger partial charge in [0.05, 0.1) is 6.04 Å². The second-order valence-corrected chi connectivity index (χ2v) is 7.20. The van der Waals surface area contributed by atoms with Crippen molar-refractivity contribution < 1.29 is 4.79 Å². The first-order valence-electron chi connectivity index (χ1n) is 8.33. The van der Waals surface area contributed by atoms with E-state index in [0.29, 0.717) is 6.54 Å². The van der Waals surface area contributed by atoms with Gasteiger partial charge >= 0.3 is 6.03 Å². The summed E-state index contributed by atoms with van der Waals surface area (Å²) in [6.45, 7) is 5.66. The summed E-state index contributed by atoms with van der Waals surface area (Å²) in [7, 11) is 1.83. The Morgan fingerprint density at radius 3 is 3.00 bits per heavy atom. The number of carbonyl (C=O) groups excluding carboxylic acids is 1. The molecule has 3 rings (SSSR count). The van der Waals surface area contributed by atoms with Crippen molar-refractivity contribution in [3.63, 3.8) is 0 Å². The topological polar surface area (TPSA) is 48.5 Å². The quantitative estimate of drug-likeness (QED) is 0.907. The van der Waals surface area contributed by atoms with Gasteiger partial charge in [-0.3, -0.25) is 9.88 Å². The molecule has 0 aromatic carbocycles. The van der Waals surface area contributed by atoms with Crippen molar-refractivity contribution in [2.75, 3.05) is 26.7 Å². The highest BCUT2D eigenvalue weighted by Crippen LogP contribution is 2.23. The highest BCUT2D eigenvalue weighted by Gasteiger charge is 2.19. The molecular weight excluding hydrogens is 320 g/mol. The summed E-state index contributed by atoms with van der Waals surface area (Å²) in [5, 5.41) is 5.20. The molecule has 0 aliphatic carbocycles. The van der Waals surface area contributed by atoms with Crippen LogP contribution in [0.1, 0.15) is 29.0 Å². The second kappa shape index (κ2) is 7.77. The molecule has 2 aromatic rings. The predicted molar refractivity (Wildman–Crippen MR) is 97.1 cm³/mol. The van der Waals surface area contributed by atoms with Crippen LogP contribution in [0.4, 0.5) is 4.79 Å². The van der Waals surface area contributed by atoms with Gasteiger partial charge in [-0.1, -0.05) is 0 Å². The van der Waals surface area contributed by atoms with E-state index in [1.54, 1.807) is 17.3 Å². The zero-order valence-electron chi connectivity index (χ0n) is 14.2. The lowest BCUT2D eigenvalue weighted by Crippen LogP contribution is -2.43. The molecule has 0 saturated heterocycles. The number of carbonyl (C=O) groups is 1. The number of hydrogen-bond acceptors (Lipinski definition) is 4. The highest BCUT2D eigenvalue weighted by atomic mass is 32.1. The number of aromatic nitrogens is 1. The molecule has 128 valence electrons. The maximum Gasteiger partial charge on any atom is 0.317 e. The van der Waals surface area contributed by atoms with Gasteiger partial charge in [-0.2, -0.15) is 0 Å². The van der Waals surface area contributed by atoms with Crippen molar-refractivity contribution in [2.24, 2.45) is 0 Å². The van der Waals surface area contributed by atoms with Crippen LogP contribution in [-0.4, -0.2) is 47.5 Å². The van der Waals surface area contributed by atoms with Crippen LogP contribution in [0.5, 0.6) is 0 Å². The van der Waals surface area contributed by atoms with Gasteiger partial charge in [0.1, 0.15) is 0 Å². The minimum absolute atomic E-state index is 0.0244. The number of nitrogens with zero attached hydrogens (tertiary/aromatic N) is 3. The van der Waals surface area contributed by atoms with Crippen LogP contribution >= 0.6 is 11.3 Å². The number of amides is 2. The van der Waals surface area contributed by atoms with E-state index in [0.717, 1.165) is 31.6 Å². The Hall–Kier alpha value is -1.92. The van der Waals surface area contributed by atoms with Gasteiger partial charge in [0.15, 0.2) is 0 Å². The average molecular weight is 344 g/mol. The molecule has 1 N–H and O–H groups in total. The lowest BCUT2D eigenvalue weighted by molar-refractivity contribution is 0.190. The normalized spacial score (nSPS) is 15.6. The number of thiophene rings is 1. The molecule has 1 unspecified atom stereocenters. The van der Waals surface area contributed by atoms with E-state index in [4.69, 9.17) is 0 Å². The maximum atomic E-state index is 12.3. The molecule has 0 bridgehead atoms. The molecule has 1 atom stereocenters. The standard InChI is InChI=1S/C18H24N4OS/c1-14(15-3-7-19-8-4-15)21(2)18(23)20-9-11-22-10-5-17-16(13-22)6-12-24-17/h3-4,6-8,12,14H,5,9-11,13H2,1-2H3,(H,20,23). The molecule has 24 heavy (non-hydrogen) atoms. The van der Waals surface area contributed by atoms with Crippen LogP contribution in [0.25, 0.3) is 0 Å². The predicted octanol–water partition coefficient (Wildman–Crippen LogP) is 2.90. The fourth-order valence-electron chi connectivity index (χ4n) is 2.98. The molecular formula is C18H24N4OS. The largest absolute Gasteiger partial charge is 0.337 e. The fraction of sp³-hybridized carbons (Fsp3) is 0.444. The Labute approximate surface area is 147 Å². The summed E-state index contributed by atoms with van der Waals surface area (Å²) in [5.74, 6) is 0. The van der Waals surface area contributed by atoms with E-state index >= 15 is 0 Å². The number of fused-ring (bicyclic) bond motifs is 1. The number of pyridine rings is 1. The van der Waals surface area contributed by atoms with Gasteiger partial charge in [-0.15, -0.1) is 11.3 Å². The van der Waals surface area contributed by atoms with Gasteiger partial charge in [0, 0.05) is 50.5 Å². The Morgan fingerprint density at radius 1 is 1.42 bits per heavy atom. The van der Waals surface area contributed by atoms with Crippen molar-refractivity contribution in [1.29, 1.82) is 0 Å². The van der Waals surface area contributed by atoms with Gasteiger partial charge in [0.2, 0.25) is 0 Å². The van der Waals surface area contributed by atoms with Crippen molar-refractivity contribution in [2.45, 2.75) is 25.9 Å². The number of urea groups is 1. The van der Waals surface area contributed by atoms with E-state index in [-0.39, 0.29) is 12.1 Å². The Kier molecular flexibility index (Phi) is 5.48. The third kappa shape index (κ3) is 3.94. The third-order valence-electron chi connectivity index (χ3n) is 4.68. The second-order valence-electron chi connectivity index (χ2n) is 6.19. The van der Waals surface area contributed by atoms with E-state index in [1.807, 2.05) is 37.4 Å². The van der Waals surface area contributed by atoms with E-state index in [2.05, 4.69) is 26.6 Å². The van der Waals surface area contributed by atoms with Crippen molar-refractivity contribution in [3.8, 4) is 0 Å². The van der Waals surface area contributed by atoms with Crippen LogP contribution in [-0.2, 0) is 13.0 Å². The lowest BCUT2D eigenvalue weighted by atomic mass is 10.1. The molecule has 6 heteroatoms. The summed E-state index contributed by atoms with van der Waals surface area (Å²) in [6, 6.07) is 6.10. The molecule has 3 heterocycles. The maximum absolute atomic E-state index is 12.3. The number of nitrogens with one attached hydrogen (secondary N) is 1. The summed E-state index contributed by atoms with van der Waals surface area (Å²) < 4.78 is 0. The summed E-state index contributed by atoms with van der Waals surface area (Å²) >= 11 is 1.85. The van der Waals surface area contributed by atoms with Gasteiger partial charge in [-0.05, 0) is 48.1 Å². The molecule has 0 radical (unpaired) electrons. The average Bonchev–Trinajstić information content (AvgIpc) is 3.09. The van der Waals surface area contributed by atoms with Crippen LogP contribution in [0.15, 0.2) is 36.0 Å². The number of hydrogen-bond donors (Lipinski definition) is 1. The fourth-order valence-corrected chi connectivity index (χ4v) is 3.87. The molecule has 5 nitrogen and oxygen atoms in total. The Balaban J connectivity index is 1.44. The van der Waals surface area contributed by atoms with Crippen molar-refractivity contribution in [3.05, 3.63) is 52.0 Å². The van der Waals surface area contributed by atoms with Crippen LogP contribution < -0.4 is 5.32 Å². The molecule has 1 aliphatic rings. The molecule has 1 aliphatic heterocycles. The summed E-state index contributed by atoms with van der Waals surface area (Å²) in [4.78, 5) is 22.0. The van der Waals surface area contributed by atoms with Gasteiger partial charge < -0.3 is 10.2 Å². The first kappa shape index (κ1) is 16.9. The van der Waals surface area contributed by atoms with Crippen molar-refractivity contribution in [1.82, 2.24) is 20.1 Å². The molecule has 0 fully saturated rings. The minimum atomic E-state index is -0.0347. The molecule has 2 amide bonds. The zero-order chi connectivity index (χ0) is 16.9. The van der Waals surface area contributed by atoms with Crippen molar-refractivity contribution >= 4 is 17.4 Å². The Bertz CT molecular complexity index is 673. The lowest BCUT2D eigenvalue weighted by Gasteiger charge is -2.28.